The second-order valence-electron chi connectivity index (χ2n) is 10.2. The number of rotatable bonds is 5. The maximum atomic E-state index is 6.43. The summed E-state index contributed by atoms with van der Waals surface area (Å²) in [5.74, 6) is 0. The number of hydrogen-bond donors (Lipinski definition) is 0. The largest absolute Gasteiger partial charge is 0.494 e. The van der Waals surface area contributed by atoms with E-state index in [0.29, 0.717) is 0 Å². The summed E-state index contributed by atoms with van der Waals surface area (Å²) >= 11 is 6.35. The van der Waals surface area contributed by atoms with Crippen LogP contribution in [0.25, 0.3) is 0 Å². The van der Waals surface area contributed by atoms with Crippen molar-refractivity contribution in [2.75, 3.05) is 0 Å². The van der Waals surface area contributed by atoms with Crippen molar-refractivity contribution in [1.29, 1.82) is 0 Å². The molecule has 0 radical (unpaired) electrons. The maximum absolute atomic E-state index is 6.43. The molecule has 176 valence electrons. The first kappa shape index (κ1) is 24.1. The summed E-state index contributed by atoms with van der Waals surface area (Å²) in [4.78, 5) is 0. The van der Waals surface area contributed by atoms with Crippen molar-refractivity contribution in [3.05, 3.63) is 114 Å². The first-order valence-corrected chi connectivity index (χ1v) is 14.4. The van der Waals surface area contributed by atoms with Gasteiger partial charge in [0.15, 0.2) is 8.07 Å². The number of hydrogen-bond acceptors (Lipinski definition) is 2. The van der Waals surface area contributed by atoms with Gasteiger partial charge in [0, 0.05) is 5.02 Å². The Labute approximate surface area is 215 Å². The molecule has 0 aliphatic carbocycles. The minimum Gasteiger partial charge on any atom is -0.399 e. The van der Waals surface area contributed by atoms with E-state index in [2.05, 4.69) is 125 Å². The van der Waals surface area contributed by atoms with E-state index < -0.39 is 26.4 Å². The molecular weight excluding hydrogens is 467 g/mol. The highest BCUT2D eigenvalue weighted by Crippen LogP contribution is 2.36. The van der Waals surface area contributed by atoms with E-state index in [1.54, 1.807) is 0 Å². The third-order valence-electron chi connectivity index (χ3n) is 7.54. The van der Waals surface area contributed by atoms with Gasteiger partial charge < -0.3 is 9.31 Å². The van der Waals surface area contributed by atoms with E-state index in [4.69, 9.17) is 20.9 Å². The van der Waals surface area contributed by atoms with Crippen LogP contribution in [0.3, 0.4) is 0 Å². The molecule has 1 aliphatic heterocycles. The van der Waals surface area contributed by atoms with Crippen LogP contribution in [0.4, 0.5) is 0 Å². The second-order valence-corrected chi connectivity index (χ2v) is 14.4. The zero-order chi connectivity index (χ0) is 24.7. The van der Waals surface area contributed by atoms with Crippen molar-refractivity contribution >= 4 is 53.0 Å². The van der Waals surface area contributed by atoms with Crippen LogP contribution in [0, 0.1) is 0 Å². The molecule has 1 saturated heterocycles. The predicted molar refractivity (Wildman–Crippen MR) is 151 cm³/mol. The lowest BCUT2D eigenvalue weighted by atomic mass is 9.79. The summed E-state index contributed by atoms with van der Waals surface area (Å²) in [5.41, 5.74) is 0.257. The van der Waals surface area contributed by atoms with Crippen molar-refractivity contribution < 1.29 is 9.31 Å². The molecule has 0 spiro atoms. The molecule has 5 heteroatoms. The SMILES string of the molecule is CC1(C)OB(c2cccc([Si](c3ccccc3)(c3ccccc3)c3ccc(Cl)cc3)c2)OC1(C)C. The van der Waals surface area contributed by atoms with Gasteiger partial charge in [0.2, 0.25) is 0 Å². The fourth-order valence-electron chi connectivity index (χ4n) is 4.97. The summed E-state index contributed by atoms with van der Waals surface area (Å²) in [6.07, 6.45) is 0. The number of benzene rings is 4. The van der Waals surface area contributed by atoms with Crippen molar-refractivity contribution in [3.63, 3.8) is 0 Å². The van der Waals surface area contributed by atoms with E-state index in [1.165, 1.54) is 20.7 Å². The Hall–Kier alpha value is -2.63. The van der Waals surface area contributed by atoms with Gasteiger partial charge in [-0.25, -0.2) is 0 Å². The predicted octanol–water partition coefficient (Wildman–Crippen LogP) is 4.02. The molecule has 0 N–H and O–H groups in total. The smallest absolute Gasteiger partial charge is 0.399 e. The lowest BCUT2D eigenvalue weighted by Crippen LogP contribution is -2.75. The quantitative estimate of drug-likeness (QED) is 0.307. The van der Waals surface area contributed by atoms with Crippen LogP contribution in [-0.4, -0.2) is 26.4 Å². The standard InChI is InChI=1S/C30H30BClO2Si/c1-29(2)30(3,4)34-31(33-29)23-12-11-17-28(22-23)35(25-13-7-5-8-14-25,26-15-9-6-10-16-26)27-20-18-24(32)19-21-27/h5-22H,1-4H3. The van der Waals surface area contributed by atoms with E-state index in [1.807, 2.05) is 12.1 Å². The number of halogens is 1. The highest BCUT2D eigenvalue weighted by atomic mass is 35.5. The van der Waals surface area contributed by atoms with Gasteiger partial charge in [-0.3, -0.25) is 0 Å². The van der Waals surface area contributed by atoms with Gasteiger partial charge in [-0.15, -0.1) is 0 Å². The van der Waals surface area contributed by atoms with Gasteiger partial charge >= 0.3 is 7.12 Å². The third-order valence-corrected chi connectivity index (χ3v) is 12.6. The van der Waals surface area contributed by atoms with Crippen LogP contribution in [0.2, 0.25) is 5.02 Å². The molecule has 0 atom stereocenters. The molecule has 5 rings (SSSR count). The molecule has 2 nitrogen and oxygen atoms in total. The van der Waals surface area contributed by atoms with Crippen LogP contribution < -0.4 is 26.2 Å². The van der Waals surface area contributed by atoms with Crippen LogP contribution >= 0.6 is 11.6 Å². The van der Waals surface area contributed by atoms with Crippen LogP contribution in [0.1, 0.15) is 27.7 Å². The monoisotopic (exact) mass is 496 g/mol. The molecule has 4 aromatic carbocycles. The Morgan fingerprint density at radius 2 is 1.03 bits per heavy atom. The van der Waals surface area contributed by atoms with Crippen LogP contribution in [-0.2, 0) is 9.31 Å². The summed E-state index contributed by atoms with van der Waals surface area (Å²) in [7, 11) is -3.06. The van der Waals surface area contributed by atoms with Crippen molar-refractivity contribution in [1.82, 2.24) is 0 Å². The van der Waals surface area contributed by atoms with Crippen LogP contribution in [0.5, 0.6) is 0 Å². The third kappa shape index (κ3) is 4.19. The minimum atomic E-state index is -2.65. The van der Waals surface area contributed by atoms with Crippen molar-refractivity contribution in [3.8, 4) is 0 Å². The molecule has 0 amide bonds. The normalized spacial score (nSPS) is 16.9. The molecule has 0 unspecified atom stereocenters. The van der Waals surface area contributed by atoms with Gasteiger partial charge in [0.25, 0.3) is 0 Å². The van der Waals surface area contributed by atoms with E-state index in [-0.39, 0.29) is 0 Å². The van der Waals surface area contributed by atoms with Gasteiger partial charge in [-0.1, -0.05) is 109 Å². The average Bonchev–Trinajstić information content (AvgIpc) is 3.09. The van der Waals surface area contributed by atoms with Crippen molar-refractivity contribution in [2.45, 2.75) is 38.9 Å². The first-order valence-electron chi connectivity index (χ1n) is 12.1. The zero-order valence-corrected chi connectivity index (χ0v) is 22.4. The van der Waals surface area contributed by atoms with Gasteiger partial charge in [-0.2, -0.15) is 0 Å². The van der Waals surface area contributed by atoms with E-state index >= 15 is 0 Å². The van der Waals surface area contributed by atoms with Crippen LogP contribution in [0.15, 0.2) is 109 Å². The summed E-state index contributed by atoms with van der Waals surface area (Å²) in [5, 5.41) is 5.94. The molecule has 0 saturated carbocycles. The van der Waals surface area contributed by atoms with E-state index in [9.17, 15) is 0 Å². The summed E-state index contributed by atoms with van der Waals surface area (Å²) in [6.45, 7) is 8.38. The first-order chi connectivity index (χ1) is 16.7. The summed E-state index contributed by atoms with van der Waals surface area (Å²) < 4.78 is 12.9. The molecule has 0 bridgehead atoms. The average molecular weight is 497 g/mol. The second kappa shape index (κ2) is 9.11. The molecular formula is C30H30BClO2Si. The molecule has 1 heterocycles. The lowest BCUT2D eigenvalue weighted by molar-refractivity contribution is 0.00578. The highest BCUT2D eigenvalue weighted by molar-refractivity contribution is 7.20. The van der Waals surface area contributed by atoms with Gasteiger partial charge in [0.05, 0.1) is 11.2 Å². The Kier molecular flexibility index (Phi) is 6.27. The summed E-state index contributed by atoms with van der Waals surface area (Å²) in [6, 6.07) is 38.9. The topological polar surface area (TPSA) is 18.5 Å². The Morgan fingerprint density at radius 3 is 1.54 bits per heavy atom. The van der Waals surface area contributed by atoms with Gasteiger partial charge in [0.1, 0.15) is 0 Å². The molecule has 1 fully saturated rings. The Bertz CT molecular complexity index is 1250. The van der Waals surface area contributed by atoms with E-state index in [0.717, 1.165) is 10.5 Å². The zero-order valence-electron chi connectivity index (χ0n) is 20.7. The van der Waals surface area contributed by atoms with Crippen molar-refractivity contribution in [2.24, 2.45) is 0 Å². The fraction of sp³-hybridized carbons (Fsp3) is 0.200. The molecule has 0 aromatic heterocycles. The Balaban J connectivity index is 1.76. The molecule has 35 heavy (non-hydrogen) atoms. The Morgan fingerprint density at radius 1 is 0.571 bits per heavy atom. The lowest BCUT2D eigenvalue weighted by Gasteiger charge is -2.34. The molecule has 4 aromatic rings. The highest BCUT2D eigenvalue weighted by Gasteiger charge is 2.52. The van der Waals surface area contributed by atoms with Gasteiger partial charge in [-0.05, 0) is 66.0 Å². The fourth-order valence-corrected chi connectivity index (χ4v) is 9.88. The maximum Gasteiger partial charge on any atom is 0.494 e. The minimum absolute atomic E-state index is 0.392. The molecule has 1 aliphatic rings.